The molecule has 1 amide bonds. The van der Waals surface area contributed by atoms with Crippen molar-refractivity contribution in [1.82, 2.24) is 15.3 Å². The molecule has 1 aromatic heterocycles. The van der Waals surface area contributed by atoms with Gasteiger partial charge in [0.05, 0.1) is 29.0 Å². The molecule has 25 heavy (non-hydrogen) atoms. The Balaban J connectivity index is 1.51. The van der Waals surface area contributed by atoms with Gasteiger partial charge in [0.2, 0.25) is 0 Å². The second-order valence-corrected chi connectivity index (χ2v) is 6.32. The number of benzene rings is 2. The van der Waals surface area contributed by atoms with Crippen LogP contribution < -0.4 is 10.1 Å². The zero-order chi connectivity index (χ0) is 17.4. The van der Waals surface area contributed by atoms with Crippen LogP contribution in [0.3, 0.4) is 0 Å². The molecule has 2 aromatic carbocycles. The summed E-state index contributed by atoms with van der Waals surface area (Å²) < 4.78 is 5.51. The van der Waals surface area contributed by atoms with Crippen molar-refractivity contribution < 1.29 is 9.53 Å². The second-order valence-electron chi connectivity index (χ2n) is 6.32. The number of fused-ring (bicyclic) bond motifs is 2. The Morgan fingerprint density at radius 1 is 1.08 bits per heavy atom. The van der Waals surface area contributed by atoms with Crippen LogP contribution >= 0.6 is 0 Å². The Kier molecular flexibility index (Phi) is 3.84. The molecule has 4 rings (SSSR count). The molecule has 0 fully saturated rings. The molecule has 2 heterocycles. The smallest absolute Gasteiger partial charge is 0.251 e. The first-order valence-electron chi connectivity index (χ1n) is 8.38. The summed E-state index contributed by atoms with van der Waals surface area (Å²) in [5, 5.41) is 2.97. The van der Waals surface area contributed by atoms with Crippen molar-refractivity contribution >= 4 is 16.9 Å². The molecule has 0 bridgehead atoms. The van der Waals surface area contributed by atoms with Gasteiger partial charge in [-0.1, -0.05) is 12.1 Å². The number of hydrogen-bond donors (Lipinski definition) is 1. The maximum Gasteiger partial charge on any atom is 0.251 e. The fourth-order valence-corrected chi connectivity index (χ4v) is 3.01. The Hall–Kier alpha value is -2.95. The maximum absolute atomic E-state index is 12.5. The lowest BCUT2D eigenvalue weighted by molar-refractivity contribution is 0.0951. The standard InChI is InChI=1S/C20H19N3O2/c1-12-13(2)23-18-10-16(4-5-17(18)22-12)20(24)21-11-14-3-6-19-15(9-14)7-8-25-19/h3-6,9-10H,7-8,11H2,1-2H3,(H,21,24). The first-order chi connectivity index (χ1) is 12.1. The maximum atomic E-state index is 12.5. The molecule has 0 radical (unpaired) electrons. The zero-order valence-electron chi connectivity index (χ0n) is 14.3. The van der Waals surface area contributed by atoms with E-state index in [4.69, 9.17) is 4.74 Å². The summed E-state index contributed by atoms with van der Waals surface area (Å²) in [7, 11) is 0. The average molecular weight is 333 g/mol. The largest absolute Gasteiger partial charge is 0.493 e. The van der Waals surface area contributed by atoms with Crippen molar-refractivity contribution in [3.8, 4) is 5.75 Å². The van der Waals surface area contributed by atoms with E-state index in [1.165, 1.54) is 5.56 Å². The molecular weight excluding hydrogens is 314 g/mol. The topological polar surface area (TPSA) is 64.1 Å². The molecule has 5 heteroatoms. The van der Waals surface area contributed by atoms with Gasteiger partial charge in [-0.3, -0.25) is 4.79 Å². The monoisotopic (exact) mass is 333 g/mol. The molecule has 0 aliphatic carbocycles. The number of nitrogens with one attached hydrogen (secondary N) is 1. The van der Waals surface area contributed by atoms with Gasteiger partial charge in [0.25, 0.3) is 5.91 Å². The van der Waals surface area contributed by atoms with Crippen LogP contribution in [0.15, 0.2) is 36.4 Å². The molecule has 1 N–H and O–H groups in total. The fourth-order valence-electron chi connectivity index (χ4n) is 3.01. The van der Waals surface area contributed by atoms with E-state index in [0.717, 1.165) is 46.8 Å². The first kappa shape index (κ1) is 15.6. The van der Waals surface area contributed by atoms with E-state index in [0.29, 0.717) is 12.1 Å². The number of hydrogen-bond acceptors (Lipinski definition) is 4. The van der Waals surface area contributed by atoms with Crippen LogP contribution in [0.5, 0.6) is 5.75 Å². The van der Waals surface area contributed by atoms with Crippen molar-refractivity contribution in [2.24, 2.45) is 0 Å². The summed E-state index contributed by atoms with van der Waals surface area (Å²) in [4.78, 5) is 21.5. The van der Waals surface area contributed by atoms with Gasteiger partial charge < -0.3 is 10.1 Å². The lowest BCUT2D eigenvalue weighted by Crippen LogP contribution is -2.22. The predicted molar refractivity (Wildman–Crippen MR) is 95.8 cm³/mol. The van der Waals surface area contributed by atoms with Gasteiger partial charge in [-0.25, -0.2) is 9.97 Å². The Labute approximate surface area is 146 Å². The summed E-state index contributed by atoms with van der Waals surface area (Å²) in [5.41, 5.74) is 6.21. The van der Waals surface area contributed by atoms with Crippen LogP contribution in [-0.4, -0.2) is 22.5 Å². The summed E-state index contributed by atoms with van der Waals surface area (Å²) in [6, 6.07) is 11.5. The Morgan fingerprint density at radius 2 is 1.88 bits per heavy atom. The number of amides is 1. The Morgan fingerprint density at radius 3 is 2.72 bits per heavy atom. The van der Waals surface area contributed by atoms with Crippen LogP contribution in [0, 0.1) is 13.8 Å². The summed E-state index contributed by atoms with van der Waals surface area (Å²) in [6.07, 6.45) is 0.930. The van der Waals surface area contributed by atoms with Crippen LogP contribution in [0.2, 0.25) is 0 Å². The van der Waals surface area contributed by atoms with E-state index in [2.05, 4.69) is 21.4 Å². The highest BCUT2D eigenvalue weighted by Gasteiger charge is 2.13. The van der Waals surface area contributed by atoms with E-state index >= 15 is 0 Å². The normalized spacial score (nSPS) is 12.7. The van der Waals surface area contributed by atoms with Gasteiger partial charge in [-0.15, -0.1) is 0 Å². The number of ether oxygens (including phenoxy) is 1. The van der Waals surface area contributed by atoms with Gasteiger partial charge in [-0.05, 0) is 49.2 Å². The molecule has 0 spiro atoms. The van der Waals surface area contributed by atoms with Gasteiger partial charge >= 0.3 is 0 Å². The lowest BCUT2D eigenvalue weighted by Gasteiger charge is -2.08. The highest BCUT2D eigenvalue weighted by molar-refractivity contribution is 5.97. The molecule has 126 valence electrons. The number of aromatic nitrogens is 2. The number of nitrogens with zero attached hydrogens (tertiary/aromatic N) is 2. The van der Waals surface area contributed by atoms with E-state index in [1.54, 1.807) is 12.1 Å². The summed E-state index contributed by atoms with van der Waals surface area (Å²) in [5.74, 6) is 0.840. The van der Waals surface area contributed by atoms with Gasteiger partial charge in [0.15, 0.2) is 0 Å². The van der Waals surface area contributed by atoms with Crippen molar-refractivity contribution in [2.45, 2.75) is 26.8 Å². The quantitative estimate of drug-likeness (QED) is 0.800. The molecule has 0 unspecified atom stereocenters. The Bertz CT molecular complexity index is 982. The van der Waals surface area contributed by atoms with Gasteiger partial charge in [-0.2, -0.15) is 0 Å². The van der Waals surface area contributed by atoms with Crippen molar-refractivity contribution in [2.75, 3.05) is 6.61 Å². The van der Waals surface area contributed by atoms with Crippen LogP contribution in [0.25, 0.3) is 11.0 Å². The SMILES string of the molecule is Cc1nc2ccc(C(=O)NCc3ccc4c(c3)CCO4)cc2nc1C. The third-order valence-electron chi connectivity index (χ3n) is 4.54. The fraction of sp³-hybridized carbons (Fsp3) is 0.250. The minimum Gasteiger partial charge on any atom is -0.493 e. The minimum absolute atomic E-state index is 0.112. The molecule has 0 saturated carbocycles. The highest BCUT2D eigenvalue weighted by atomic mass is 16.5. The molecule has 5 nitrogen and oxygen atoms in total. The molecule has 1 aliphatic rings. The zero-order valence-corrected chi connectivity index (χ0v) is 14.3. The second kappa shape index (κ2) is 6.16. The summed E-state index contributed by atoms with van der Waals surface area (Å²) >= 11 is 0. The number of rotatable bonds is 3. The molecule has 3 aromatic rings. The highest BCUT2D eigenvalue weighted by Crippen LogP contribution is 2.25. The van der Waals surface area contributed by atoms with Crippen molar-refractivity contribution in [3.05, 3.63) is 64.5 Å². The van der Waals surface area contributed by atoms with E-state index in [1.807, 2.05) is 32.0 Å². The molecule has 1 aliphatic heterocycles. The lowest BCUT2D eigenvalue weighted by atomic mass is 10.1. The first-order valence-corrected chi connectivity index (χ1v) is 8.38. The van der Waals surface area contributed by atoms with Crippen LogP contribution in [-0.2, 0) is 13.0 Å². The van der Waals surface area contributed by atoms with E-state index in [9.17, 15) is 4.79 Å². The van der Waals surface area contributed by atoms with E-state index < -0.39 is 0 Å². The molecule has 0 saturated heterocycles. The van der Waals surface area contributed by atoms with Crippen molar-refractivity contribution in [1.29, 1.82) is 0 Å². The van der Waals surface area contributed by atoms with Gasteiger partial charge in [0.1, 0.15) is 5.75 Å². The number of carbonyl (C=O) groups is 1. The molecular formula is C20H19N3O2. The molecule has 0 atom stereocenters. The summed E-state index contributed by atoms with van der Waals surface area (Å²) in [6.45, 7) is 5.08. The third-order valence-corrected chi connectivity index (χ3v) is 4.54. The van der Waals surface area contributed by atoms with E-state index in [-0.39, 0.29) is 5.91 Å². The van der Waals surface area contributed by atoms with Crippen LogP contribution in [0.4, 0.5) is 0 Å². The van der Waals surface area contributed by atoms with Crippen LogP contribution in [0.1, 0.15) is 32.9 Å². The third kappa shape index (κ3) is 3.05. The predicted octanol–water partition coefficient (Wildman–Crippen LogP) is 3.11. The number of aryl methyl sites for hydroxylation is 2. The minimum atomic E-state index is -0.112. The van der Waals surface area contributed by atoms with Crippen molar-refractivity contribution in [3.63, 3.8) is 0 Å². The number of carbonyl (C=O) groups excluding carboxylic acids is 1. The van der Waals surface area contributed by atoms with Gasteiger partial charge in [0, 0.05) is 18.5 Å². The average Bonchev–Trinajstić information content (AvgIpc) is 3.08.